The van der Waals surface area contributed by atoms with Crippen molar-refractivity contribution in [3.05, 3.63) is 78.4 Å². The van der Waals surface area contributed by atoms with E-state index in [1.807, 2.05) is 36.4 Å². The highest BCUT2D eigenvalue weighted by atomic mass is 28.2. The first-order valence-corrected chi connectivity index (χ1v) is 10.5. The van der Waals surface area contributed by atoms with Crippen molar-refractivity contribution in [2.45, 2.75) is 45.2 Å². The van der Waals surface area contributed by atoms with Crippen LogP contribution in [0.4, 0.5) is 0 Å². The molecular weight excluding hydrogens is 334 g/mol. The zero-order valence-electron chi connectivity index (χ0n) is 15.9. The summed E-state index contributed by atoms with van der Waals surface area (Å²) in [6.45, 7) is 8.23. The Labute approximate surface area is 160 Å². The van der Waals surface area contributed by atoms with Crippen LogP contribution in [0.3, 0.4) is 0 Å². The largest absolute Gasteiger partial charge is 0.352 e. The quantitative estimate of drug-likeness (QED) is 0.380. The van der Waals surface area contributed by atoms with Crippen LogP contribution in [0.2, 0.25) is 0 Å². The van der Waals surface area contributed by atoms with Crippen LogP contribution in [-0.4, -0.2) is 21.1 Å². The molecule has 1 atom stereocenters. The first-order chi connectivity index (χ1) is 12.6. The normalized spacial score (nSPS) is 12.0. The Morgan fingerprint density at radius 1 is 1.12 bits per heavy atom. The second-order valence-corrected chi connectivity index (χ2v) is 8.53. The fourth-order valence-corrected chi connectivity index (χ4v) is 4.71. The van der Waals surface area contributed by atoms with Gasteiger partial charge in [-0.05, 0) is 49.3 Å². The lowest BCUT2D eigenvalue weighted by molar-refractivity contribution is 0.0945. The molecule has 2 nitrogen and oxygen atoms in total. The minimum atomic E-state index is 0.0212. The molecule has 1 N–H and O–H groups in total. The first kappa shape index (κ1) is 20.2. The highest BCUT2D eigenvalue weighted by Crippen LogP contribution is 2.09. The molecule has 0 aromatic heterocycles. The summed E-state index contributed by atoms with van der Waals surface area (Å²) in [6, 6.07) is 18.1. The van der Waals surface area contributed by atoms with Crippen molar-refractivity contribution in [3.8, 4) is 0 Å². The molecule has 2 aromatic carbocycles. The number of aryl methyl sites for hydroxylation is 1. The molecule has 136 valence electrons. The molecule has 2 rings (SSSR count). The summed E-state index contributed by atoms with van der Waals surface area (Å²) < 4.78 is 0. The molecule has 3 heteroatoms. The van der Waals surface area contributed by atoms with Crippen LogP contribution in [0.25, 0.3) is 0 Å². The number of amides is 1. The van der Waals surface area contributed by atoms with Crippen LogP contribution in [0, 0.1) is 5.92 Å². The van der Waals surface area contributed by atoms with Crippen LogP contribution in [-0.2, 0) is 6.42 Å². The van der Waals surface area contributed by atoms with Gasteiger partial charge in [0.15, 0.2) is 0 Å². The monoisotopic (exact) mass is 363 g/mol. The molecule has 0 fully saturated rings. The molecule has 0 spiro atoms. The molecule has 0 aliphatic heterocycles. The Morgan fingerprint density at radius 2 is 1.81 bits per heavy atom. The predicted octanol–water partition coefficient (Wildman–Crippen LogP) is 4.33. The summed E-state index contributed by atoms with van der Waals surface area (Å²) >= 11 is 0. The summed E-state index contributed by atoms with van der Waals surface area (Å²) in [4.78, 5) is 12.6. The van der Waals surface area contributed by atoms with E-state index in [1.165, 1.54) is 10.8 Å². The Bertz CT molecular complexity index is 696. The highest BCUT2D eigenvalue weighted by Gasteiger charge is 2.18. The Hall–Kier alpha value is -2.13. The van der Waals surface area contributed by atoms with Gasteiger partial charge in [-0.15, -0.1) is 6.58 Å². The van der Waals surface area contributed by atoms with Gasteiger partial charge in [0, 0.05) is 11.2 Å². The average Bonchev–Trinajstić information content (AvgIpc) is 2.63. The van der Waals surface area contributed by atoms with Crippen molar-refractivity contribution in [2.75, 3.05) is 0 Å². The van der Waals surface area contributed by atoms with Crippen molar-refractivity contribution in [1.82, 2.24) is 5.32 Å². The summed E-state index contributed by atoms with van der Waals surface area (Å²) in [5.41, 5.74) is 2.30. The lowest BCUT2D eigenvalue weighted by Crippen LogP contribution is -2.45. The van der Waals surface area contributed by atoms with E-state index in [1.54, 1.807) is 0 Å². The summed E-state index contributed by atoms with van der Waals surface area (Å²) in [7, 11) is 0.579. The van der Waals surface area contributed by atoms with E-state index in [-0.39, 0.29) is 11.6 Å². The molecular formula is C23H29NOSi. The van der Waals surface area contributed by atoms with Gasteiger partial charge in [-0.1, -0.05) is 67.6 Å². The van der Waals surface area contributed by atoms with E-state index >= 15 is 0 Å². The van der Waals surface area contributed by atoms with Gasteiger partial charge in [0.2, 0.25) is 0 Å². The summed E-state index contributed by atoms with van der Waals surface area (Å²) in [6.07, 6.45) is 6.19. The number of benzene rings is 2. The number of hydrogen-bond acceptors (Lipinski definition) is 1. The lowest BCUT2D eigenvalue weighted by atomic mass is 10.1. The molecule has 0 aliphatic carbocycles. The smallest absolute Gasteiger partial charge is 0.251 e. The maximum Gasteiger partial charge on any atom is 0.251 e. The number of hydrogen-bond donors (Lipinski definition) is 1. The van der Waals surface area contributed by atoms with Gasteiger partial charge >= 0.3 is 0 Å². The number of nitrogens with one attached hydrogen (secondary N) is 1. The average molecular weight is 364 g/mol. The second-order valence-electron chi connectivity index (χ2n) is 7.00. The van der Waals surface area contributed by atoms with E-state index in [9.17, 15) is 4.79 Å². The molecule has 0 heterocycles. The third-order valence-electron chi connectivity index (χ3n) is 4.25. The third-order valence-corrected chi connectivity index (χ3v) is 5.78. The maximum absolute atomic E-state index is 12.6. The van der Waals surface area contributed by atoms with Gasteiger partial charge in [0.25, 0.3) is 5.91 Å². The van der Waals surface area contributed by atoms with E-state index in [4.69, 9.17) is 0 Å². The van der Waals surface area contributed by atoms with E-state index in [2.05, 4.69) is 50.0 Å². The van der Waals surface area contributed by atoms with Crippen molar-refractivity contribution < 1.29 is 4.79 Å². The topological polar surface area (TPSA) is 29.1 Å². The summed E-state index contributed by atoms with van der Waals surface area (Å²) in [5.74, 6) is 0.560. The van der Waals surface area contributed by atoms with Gasteiger partial charge in [0.1, 0.15) is 9.52 Å². The van der Waals surface area contributed by atoms with Crippen LogP contribution in [0.1, 0.15) is 49.0 Å². The number of unbranched alkanes of at least 4 members (excludes halogenated alkanes) is 1. The van der Waals surface area contributed by atoms with Crippen LogP contribution < -0.4 is 10.5 Å². The van der Waals surface area contributed by atoms with Gasteiger partial charge in [-0.2, -0.15) is 0 Å². The zero-order chi connectivity index (χ0) is 18.8. The standard InChI is InChI=1S/C23H29NOSi/c1-4-5-7-12-19-13-10-11-16-21(19)26-22(17-18(2)3)24-23(25)20-14-8-6-9-15-20/h4,6,8-11,13-16,18,22H,1,5,7,12,17H2,2-3H3,(H,24,25). The lowest BCUT2D eigenvalue weighted by Gasteiger charge is -2.21. The minimum absolute atomic E-state index is 0.0212. The van der Waals surface area contributed by atoms with Crippen molar-refractivity contribution >= 4 is 20.6 Å². The van der Waals surface area contributed by atoms with Gasteiger partial charge in [0.05, 0.1) is 0 Å². The third kappa shape index (κ3) is 6.64. The molecule has 0 saturated heterocycles. The zero-order valence-corrected chi connectivity index (χ0v) is 16.9. The fourth-order valence-electron chi connectivity index (χ4n) is 2.96. The molecule has 2 radical (unpaired) electrons. The molecule has 26 heavy (non-hydrogen) atoms. The number of carbonyl (C=O) groups excluding carboxylic acids is 1. The van der Waals surface area contributed by atoms with E-state index in [0.29, 0.717) is 15.4 Å². The van der Waals surface area contributed by atoms with Gasteiger partial charge < -0.3 is 5.32 Å². The Kier molecular flexibility index (Phi) is 8.36. The second kappa shape index (κ2) is 10.8. The molecule has 0 aliphatic rings. The predicted molar refractivity (Wildman–Crippen MR) is 112 cm³/mol. The molecule has 1 unspecified atom stereocenters. The highest BCUT2D eigenvalue weighted by molar-refractivity contribution is 6.56. The summed E-state index contributed by atoms with van der Waals surface area (Å²) in [5, 5.41) is 4.64. The number of carbonyl (C=O) groups is 1. The van der Waals surface area contributed by atoms with Crippen LogP contribution >= 0.6 is 0 Å². The number of allylic oxidation sites excluding steroid dienone is 1. The van der Waals surface area contributed by atoms with Gasteiger partial charge in [-0.25, -0.2) is 0 Å². The molecule has 1 amide bonds. The molecule has 0 bridgehead atoms. The van der Waals surface area contributed by atoms with E-state index < -0.39 is 0 Å². The molecule has 0 saturated carbocycles. The fraction of sp³-hybridized carbons (Fsp3) is 0.348. The maximum atomic E-state index is 12.6. The SMILES string of the molecule is C=CCCCc1ccccc1[Si]C(CC(C)C)NC(=O)c1ccccc1. The van der Waals surface area contributed by atoms with Crippen LogP contribution in [0.15, 0.2) is 67.3 Å². The Morgan fingerprint density at radius 3 is 2.50 bits per heavy atom. The number of rotatable bonds is 10. The van der Waals surface area contributed by atoms with Crippen molar-refractivity contribution in [3.63, 3.8) is 0 Å². The Balaban J connectivity index is 2.10. The molecule has 2 aromatic rings. The van der Waals surface area contributed by atoms with Crippen LogP contribution in [0.5, 0.6) is 0 Å². The van der Waals surface area contributed by atoms with Crippen molar-refractivity contribution in [2.24, 2.45) is 5.92 Å². The first-order valence-electron chi connectivity index (χ1n) is 9.41. The minimum Gasteiger partial charge on any atom is -0.352 e. The van der Waals surface area contributed by atoms with E-state index in [0.717, 1.165) is 31.2 Å². The van der Waals surface area contributed by atoms with Crippen molar-refractivity contribution in [1.29, 1.82) is 0 Å². The van der Waals surface area contributed by atoms with Gasteiger partial charge in [-0.3, -0.25) is 4.79 Å².